The molecular formula is C19H31ClN2O2. The number of nitrogens with one attached hydrogen (secondary N) is 2. The van der Waals surface area contributed by atoms with Crippen molar-refractivity contribution in [1.82, 2.24) is 10.6 Å². The van der Waals surface area contributed by atoms with E-state index in [-0.39, 0.29) is 18.3 Å². The van der Waals surface area contributed by atoms with Crippen molar-refractivity contribution in [3.05, 3.63) is 29.8 Å². The molecule has 2 rings (SSSR count). The van der Waals surface area contributed by atoms with Crippen molar-refractivity contribution in [2.45, 2.75) is 39.5 Å². The molecule has 24 heavy (non-hydrogen) atoms. The van der Waals surface area contributed by atoms with Gasteiger partial charge >= 0.3 is 0 Å². The number of benzene rings is 1. The van der Waals surface area contributed by atoms with Crippen molar-refractivity contribution >= 4 is 18.3 Å². The first-order chi connectivity index (χ1) is 11.0. The number of carbonyl (C=O) groups excluding carboxylic acids is 1. The van der Waals surface area contributed by atoms with E-state index in [1.807, 2.05) is 38.1 Å². The molecule has 1 saturated heterocycles. The van der Waals surface area contributed by atoms with E-state index in [9.17, 15) is 4.79 Å². The molecule has 0 aliphatic carbocycles. The molecule has 1 unspecified atom stereocenters. The highest BCUT2D eigenvalue weighted by Crippen LogP contribution is 2.28. The molecule has 136 valence electrons. The van der Waals surface area contributed by atoms with Crippen LogP contribution >= 0.6 is 12.4 Å². The Morgan fingerprint density at radius 3 is 2.79 bits per heavy atom. The number of methoxy groups -OCH3 is 1. The van der Waals surface area contributed by atoms with Gasteiger partial charge in [-0.25, -0.2) is 0 Å². The molecule has 1 heterocycles. The summed E-state index contributed by atoms with van der Waals surface area (Å²) in [6.07, 6.45) is 4.25. The van der Waals surface area contributed by atoms with Crippen LogP contribution in [0.4, 0.5) is 0 Å². The van der Waals surface area contributed by atoms with Crippen molar-refractivity contribution in [3.63, 3.8) is 0 Å². The van der Waals surface area contributed by atoms with Crippen molar-refractivity contribution in [1.29, 1.82) is 0 Å². The lowest BCUT2D eigenvalue weighted by Crippen LogP contribution is -2.40. The van der Waals surface area contributed by atoms with Crippen LogP contribution in [0.15, 0.2) is 24.3 Å². The highest BCUT2D eigenvalue weighted by molar-refractivity contribution is 5.85. The van der Waals surface area contributed by atoms with Gasteiger partial charge < -0.3 is 15.4 Å². The Kier molecular flexibility index (Phi) is 8.57. The summed E-state index contributed by atoms with van der Waals surface area (Å²) in [6, 6.07) is 7.91. The van der Waals surface area contributed by atoms with Crippen molar-refractivity contribution < 1.29 is 9.53 Å². The number of ether oxygens (including phenoxy) is 1. The van der Waals surface area contributed by atoms with Crippen LogP contribution in [0.2, 0.25) is 0 Å². The zero-order valence-electron chi connectivity index (χ0n) is 15.1. The first kappa shape index (κ1) is 20.8. The van der Waals surface area contributed by atoms with Gasteiger partial charge in [0, 0.05) is 12.0 Å². The number of hydrogen-bond acceptors (Lipinski definition) is 3. The molecule has 1 fully saturated rings. The van der Waals surface area contributed by atoms with E-state index in [0.717, 1.165) is 37.4 Å². The molecule has 5 heteroatoms. The molecule has 0 radical (unpaired) electrons. The number of piperidine rings is 1. The third-order valence-corrected chi connectivity index (χ3v) is 4.68. The Morgan fingerprint density at radius 2 is 2.12 bits per heavy atom. The van der Waals surface area contributed by atoms with Gasteiger partial charge in [-0.05, 0) is 56.3 Å². The van der Waals surface area contributed by atoms with Crippen LogP contribution in [0.1, 0.15) is 38.7 Å². The van der Waals surface area contributed by atoms with Gasteiger partial charge in [0.05, 0.1) is 7.11 Å². The lowest BCUT2D eigenvalue weighted by molar-refractivity contribution is -0.129. The monoisotopic (exact) mass is 354 g/mol. The van der Waals surface area contributed by atoms with Crippen molar-refractivity contribution in [2.75, 3.05) is 26.7 Å². The second-order valence-corrected chi connectivity index (χ2v) is 7.13. The molecular weight excluding hydrogens is 324 g/mol. The van der Waals surface area contributed by atoms with Crippen molar-refractivity contribution in [2.24, 2.45) is 11.3 Å². The van der Waals surface area contributed by atoms with Gasteiger partial charge in [0.15, 0.2) is 0 Å². The van der Waals surface area contributed by atoms with Crippen LogP contribution in [-0.4, -0.2) is 32.7 Å². The molecule has 1 aromatic carbocycles. The third kappa shape index (κ3) is 5.99. The fraction of sp³-hybridized carbons (Fsp3) is 0.632. The standard InChI is InChI=1S/C19H30N2O2.ClH/c1-19(2,13-16-8-4-5-9-17(16)23-3)18(22)21-12-10-15-7-6-11-20-14-15;/h4-5,8-9,15,20H,6-7,10-14H2,1-3H3,(H,21,22);1H. The molecule has 1 atom stereocenters. The Hall–Kier alpha value is -1.26. The maximum Gasteiger partial charge on any atom is 0.225 e. The van der Waals surface area contributed by atoms with Gasteiger partial charge in [-0.15, -0.1) is 12.4 Å². The van der Waals surface area contributed by atoms with Gasteiger partial charge in [0.1, 0.15) is 5.75 Å². The Morgan fingerprint density at radius 1 is 1.38 bits per heavy atom. The van der Waals surface area contributed by atoms with E-state index in [1.54, 1.807) is 7.11 Å². The number of hydrogen-bond donors (Lipinski definition) is 2. The Labute approximate surface area is 152 Å². The molecule has 0 saturated carbocycles. The van der Waals surface area contributed by atoms with Crippen LogP contribution in [0.5, 0.6) is 5.75 Å². The third-order valence-electron chi connectivity index (χ3n) is 4.68. The summed E-state index contributed by atoms with van der Waals surface area (Å²) in [7, 11) is 1.67. The molecule has 4 nitrogen and oxygen atoms in total. The van der Waals surface area contributed by atoms with Gasteiger partial charge in [0.2, 0.25) is 5.91 Å². The Bertz CT molecular complexity index is 514. The zero-order valence-corrected chi connectivity index (χ0v) is 15.9. The average molecular weight is 355 g/mol. The highest BCUT2D eigenvalue weighted by Gasteiger charge is 2.29. The topological polar surface area (TPSA) is 50.4 Å². The fourth-order valence-corrected chi connectivity index (χ4v) is 3.20. The van der Waals surface area contributed by atoms with Crippen LogP contribution < -0.4 is 15.4 Å². The summed E-state index contributed by atoms with van der Waals surface area (Å²) in [5, 5.41) is 6.54. The maximum atomic E-state index is 12.5. The maximum absolute atomic E-state index is 12.5. The quantitative estimate of drug-likeness (QED) is 0.790. The zero-order chi connectivity index (χ0) is 16.7. The van der Waals surface area contributed by atoms with E-state index < -0.39 is 5.41 Å². The van der Waals surface area contributed by atoms with E-state index >= 15 is 0 Å². The van der Waals surface area contributed by atoms with Gasteiger partial charge in [-0.3, -0.25) is 4.79 Å². The molecule has 2 N–H and O–H groups in total. The van der Waals surface area contributed by atoms with Gasteiger partial charge in [0.25, 0.3) is 0 Å². The minimum Gasteiger partial charge on any atom is -0.496 e. The van der Waals surface area contributed by atoms with Crippen molar-refractivity contribution in [3.8, 4) is 5.75 Å². The summed E-state index contributed by atoms with van der Waals surface area (Å²) in [5.74, 6) is 1.66. The molecule has 0 spiro atoms. The smallest absolute Gasteiger partial charge is 0.225 e. The minimum atomic E-state index is -0.445. The van der Waals surface area contributed by atoms with E-state index in [0.29, 0.717) is 12.3 Å². The van der Waals surface area contributed by atoms with Crippen LogP contribution in [0.3, 0.4) is 0 Å². The second-order valence-electron chi connectivity index (χ2n) is 7.13. The molecule has 1 aromatic rings. The number of para-hydroxylation sites is 1. The SMILES string of the molecule is COc1ccccc1CC(C)(C)C(=O)NCCC1CCCNC1.Cl. The molecule has 0 aromatic heterocycles. The molecule has 0 bridgehead atoms. The fourth-order valence-electron chi connectivity index (χ4n) is 3.20. The van der Waals surface area contributed by atoms with Crippen LogP contribution in [0, 0.1) is 11.3 Å². The highest BCUT2D eigenvalue weighted by atomic mass is 35.5. The second kappa shape index (κ2) is 9.90. The van der Waals surface area contributed by atoms with Gasteiger partial charge in [-0.1, -0.05) is 32.0 Å². The van der Waals surface area contributed by atoms with Crippen LogP contribution in [-0.2, 0) is 11.2 Å². The first-order valence-corrected chi connectivity index (χ1v) is 8.64. The number of halogens is 1. The minimum absolute atomic E-state index is 0. The number of rotatable bonds is 7. The molecule has 1 aliphatic heterocycles. The lowest BCUT2D eigenvalue weighted by Gasteiger charge is -2.26. The largest absolute Gasteiger partial charge is 0.496 e. The molecule has 1 amide bonds. The van der Waals surface area contributed by atoms with Gasteiger partial charge in [-0.2, -0.15) is 0 Å². The first-order valence-electron chi connectivity index (χ1n) is 8.64. The number of amides is 1. The summed E-state index contributed by atoms with van der Waals surface area (Å²) >= 11 is 0. The molecule has 1 aliphatic rings. The predicted octanol–water partition coefficient (Wildman–Crippen LogP) is 3.19. The number of carbonyl (C=O) groups is 1. The Balaban J connectivity index is 0.00000288. The predicted molar refractivity (Wildman–Crippen MR) is 101 cm³/mol. The summed E-state index contributed by atoms with van der Waals surface area (Å²) in [6.45, 7) is 6.98. The van der Waals surface area contributed by atoms with E-state index in [1.165, 1.54) is 12.8 Å². The normalized spacial score (nSPS) is 17.7. The summed E-state index contributed by atoms with van der Waals surface area (Å²) in [4.78, 5) is 12.5. The van der Waals surface area contributed by atoms with Crippen LogP contribution in [0.25, 0.3) is 0 Å². The summed E-state index contributed by atoms with van der Waals surface area (Å²) < 4.78 is 5.39. The van der Waals surface area contributed by atoms with E-state index in [2.05, 4.69) is 10.6 Å². The average Bonchev–Trinajstić information content (AvgIpc) is 2.56. The van der Waals surface area contributed by atoms with E-state index in [4.69, 9.17) is 4.74 Å². The lowest BCUT2D eigenvalue weighted by atomic mass is 9.84. The summed E-state index contributed by atoms with van der Waals surface area (Å²) in [5.41, 5.74) is 0.631.